The molecule has 3 aliphatic heterocycles. The number of carbonyl (C=O) groups excluding carboxylic acids is 3. The molecule has 9 nitrogen and oxygen atoms in total. The molecule has 3 amide bonds. The van der Waals surface area contributed by atoms with Gasteiger partial charge in [-0.15, -0.1) is 0 Å². The number of nitrogens with zero attached hydrogens (tertiary/aromatic N) is 5. The fourth-order valence-electron chi connectivity index (χ4n) is 6.39. The van der Waals surface area contributed by atoms with Crippen LogP contribution >= 0.6 is 11.6 Å². The third kappa shape index (κ3) is 7.11. The van der Waals surface area contributed by atoms with E-state index in [0.717, 1.165) is 37.7 Å². The Morgan fingerprint density at radius 3 is 2.35 bits per heavy atom. The van der Waals surface area contributed by atoms with Gasteiger partial charge in [0.1, 0.15) is 11.9 Å². The molecule has 0 radical (unpaired) electrons. The minimum absolute atomic E-state index is 0.00317. The van der Waals surface area contributed by atoms with E-state index in [-0.39, 0.29) is 29.0 Å². The molecule has 3 saturated heterocycles. The summed E-state index contributed by atoms with van der Waals surface area (Å²) in [6.07, 6.45) is 1.29. The second kappa shape index (κ2) is 13.3. The molecule has 2 aromatic carbocycles. The molecule has 0 aromatic heterocycles. The number of piperidine rings is 1. The van der Waals surface area contributed by atoms with E-state index >= 15 is 0 Å². The molecule has 0 spiro atoms. The van der Waals surface area contributed by atoms with Crippen LogP contribution in [0.25, 0.3) is 0 Å². The number of carbonyl (C=O) groups is 3. The van der Waals surface area contributed by atoms with E-state index in [1.165, 1.54) is 12.1 Å². The lowest BCUT2D eigenvalue weighted by Gasteiger charge is -2.32. The lowest BCUT2D eigenvalue weighted by Crippen LogP contribution is -2.43. The smallest absolute Gasteiger partial charge is 0.414 e. The fourth-order valence-corrected chi connectivity index (χ4v) is 6.56. The van der Waals surface area contributed by atoms with Crippen molar-refractivity contribution in [3.63, 3.8) is 0 Å². The summed E-state index contributed by atoms with van der Waals surface area (Å²) in [6.45, 7) is 8.67. The number of fused-ring (bicyclic) bond motifs is 1. The van der Waals surface area contributed by atoms with Gasteiger partial charge in [0.2, 0.25) is 5.91 Å². The largest absolute Gasteiger partial charge is 0.446 e. The Bertz CT molecular complexity index is 1410. The predicted molar refractivity (Wildman–Crippen MR) is 160 cm³/mol. The lowest BCUT2D eigenvalue weighted by atomic mass is 10.0. The van der Waals surface area contributed by atoms with Crippen LogP contribution in [0.2, 0.25) is 5.02 Å². The van der Waals surface area contributed by atoms with Crippen molar-refractivity contribution < 1.29 is 23.5 Å². The second-order valence-corrected chi connectivity index (χ2v) is 12.2. The number of benzene rings is 2. The van der Waals surface area contributed by atoms with E-state index in [2.05, 4.69) is 4.90 Å². The highest BCUT2D eigenvalue weighted by molar-refractivity contribution is 6.31. The summed E-state index contributed by atoms with van der Waals surface area (Å²) in [5.74, 6) is -0.347. The van der Waals surface area contributed by atoms with E-state index in [0.29, 0.717) is 68.1 Å². The molecule has 2 atom stereocenters. The Morgan fingerprint density at radius 1 is 1.05 bits per heavy atom. The van der Waals surface area contributed by atoms with Crippen LogP contribution in [0.1, 0.15) is 47.7 Å². The maximum atomic E-state index is 14.4. The highest BCUT2D eigenvalue weighted by Gasteiger charge is 2.42. The summed E-state index contributed by atoms with van der Waals surface area (Å²) in [7, 11) is 0. The quantitative estimate of drug-likeness (QED) is 0.451. The first-order valence-electron chi connectivity index (χ1n) is 14.8. The van der Waals surface area contributed by atoms with E-state index in [4.69, 9.17) is 21.6 Å². The van der Waals surface area contributed by atoms with Crippen molar-refractivity contribution in [2.45, 2.75) is 39.2 Å². The van der Waals surface area contributed by atoms with Crippen LogP contribution in [0, 0.1) is 35.9 Å². The van der Waals surface area contributed by atoms with Crippen LogP contribution in [-0.2, 0) is 9.53 Å². The van der Waals surface area contributed by atoms with Crippen molar-refractivity contribution in [3.8, 4) is 6.07 Å². The number of nitriles is 1. The van der Waals surface area contributed by atoms with Gasteiger partial charge in [0, 0.05) is 76.3 Å². The average Bonchev–Trinajstić information content (AvgIpc) is 3.56. The van der Waals surface area contributed by atoms with Gasteiger partial charge in [-0.25, -0.2) is 9.18 Å². The van der Waals surface area contributed by atoms with Crippen molar-refractivity contribution in [1.29, 1.82) is 5.26 Å². The molecule has 0 saturated carbocycles. The zero-order chi connectivity index (χ0) is 30.7. The van der Waals surface area contributed by atoms with Crippen LogP contribution in [0.4, 0.5) is 14.9 Å². The summed E-state index contributed by atoms with van der Waals surface area (Å²) in [6, 6.07) is 11.4. The van der Waals surface area contributed by atoms with Crippen LogP contribution in [0.5, 0.6) is 0 Å². The molecule has 0 aliphatic carbocycles. The third-order valence-corrected chi connectivity index (χ3v) is 9.28. The molecule has 11 heteroatoms. The standard InChI is InChI=1S/C32H37ClFN5O4/c1-21-4-6-26(15-29(21)33)39(32(42)43-27-8-12-37(13-9-27)22(2)40)11-3-10-36-17-24-19-38(20-25(24)18-36)31(41)28-7-5-23(16-35)14-30(28)34/h4-7,14-15,24-25,27H,3,8-13,17-20H2,1-2H3. The van der Waals surface area contributed by atoms with Crippen molar-refractivity contribution in [2.75, 3.05) is 57.3 Å². The Hall–Kier alpha value is -3.68. The van der Waals surface area contributed by atoms with E-state index in [1.807, 2.05) is 25.1 Å². The van der Waals surface area contributed by atoms with Gasteiger partial charge in [0.05, 0.1) is 17.2 Å². The molecule has 3 heterocycles. The van der Waals surface area contributed by atoms with E-state index in [9.17, 15) is 18.8 Å². The topological polar surface area (TPSA) is 97.2 Å². The molecule has 0 N–H and O–H groups in total. The first-order valence-corrected chi connectivity index (χ1v) is 15.2. The summed E-state index contributed by atoms with van der Waals surface area (Å²) in [5, 5.41) is 9.55. The number of hydrogen-bond donors (Lipinski definition) is 0. The maximum absolute atomic E-state index is 14.4. The van der Waals surface area contributed by atoms with Gasteiger partial charge in [-0.1, -0.05) is 17.7 Å². The third-order valence-electron chi connectivity index (χ3n) is 8.88. The molecule has 5 rings (SSSR count). The minimum Gasteiger partial charge on any atom is -0.446 e. The van der Waals surface area contributed by atoms with Crippen LogP contribution in [0.15, 0.2) is 36.4 Å². The van der Waals surface area contributed by atoms with E-state index in [1.54, 1.807) is 27.7 Å². The number of ether oxygens (including phenoxy) is 1. The van der Waals surface area contributed by atoms with Gasteiger partial charge in [0.25, 0.3) is 5.91 Å². The molecular formula is C32H37ClFN5O4. The minimum atomic E-state index is -0.665. The highest BCUT2D eigenvalue weighted by atomic mass is 35.5. The van der Waals surface area contributed by atoms with Gasteiger partial charge in [0.15, 0.2) is 0 Å². The highest BCUT2D eigenvalue weighted by Crippen LogP contribution is 2.32. The number of hydrogen-bond acceptors (Lipinski definition) is 6. The molecule has 43 heavy (non-hydrogen) atoms. The van der Waals surface area contributed by atoms with Gasteiger partial charge in [-0.2, -0.15) is 5.26 Å². The molecule has 3 fully saturated rings. The van der Waals surface area contributed by atoms with Gasteiger partial charge < -0.3 is 19.4 Å². The zero-order valence-corrected chi connectivity index (χ0v) is 25.4. The predicted octanol–water partition coefficient (Wildman–Crippen LogP) is 4.71. The first kappa shape index (κ1) is 30.8. The van der Waals surface area contributed by atoms with Crippen LogP contribution in [-0.4, -0.2) is 91.1 Å². The average molecular weight is 610 g/mol. The number of aryl methyl sites for hydroxylation is 1. The van der Waals surface area contributed by atoms with Gasteiger partial charge in [-0.3, -0.25) is 14.5 Å². The van der Waals surface area contributed by atoms with Crippen LogP contribution in [0.3, 0.4) is 0 Å². The summed E-state index contributed by atoms with van der Waals surface area (Å²) in [5.41, 5.74) is 1.80. The van der Waals surface area contributed by atoms with Gasteiger partial charge in [-0.05, 0) is 67.6 Å². The molecule has 2 unspecified atom stereocenters. The van der Waals surface area contributed by atoms with Crippen molar-refractivity contribution in [2.24, 2.45) is 11.8 Å². The normalized spacial score (nSPS) is 20.5. The maximum Gasteiger partial charge on any atom is 0.414 e. The summed E-state index contributed by atoms with van der Waals surface area (Å²) < 4.78 is 20.3. The molecular weight excluding hydrogens is 573 g/mol. The molecule has 3 aliphatic rings. The van der Waals surface area contributed by atoms with Crippen molar-refractivity contribution in [3.05, 3.63) is 63.9 Å². The first-order chi connectivity index (χ1) is 20.6. The number of halogens is 2. The monoisotopic (exact) mass is 609 g/mol. The van der Waals surface area contributed by atoms with E-state index < -0.39 is 11.9 Å². The number of amides is 3. The van der Waals surface area contributed by atoms with Crippen LogP contribution < -0.4 is 4.90 Å². The lowest BCUT2D eigenvalue weighted by molar-refractivity contribution is -0.130. The summed E-state index contributed by atoms with van der Waals surface area (Å²) >= 11 is 6.40. The Labute approximate surface area is 256 Å². The SMILES string of the molecule is CC(=O)N1CCC(OC(=O)N(CCCN2CC3CN(C(=O)c4ccc(C#N)cc4F)CC3C2)c2ccc(C)c(Cl)c2)CC1. The Morgan fingerprint density at radius 2 is 1.74 bits per heavy atom. The zero-order valence-electron chi connectivity index (χ0n) is 24.6. The summed E-state index contributed by atoms with van der Waals surface area (Å²) in [4.78, 5) is 45.5. The van der Waals surface area contributed by atoms with Gasteiger partial charge >= 0.3 is 6.09 Å². The molecule has 0 bridgehead atoms. The number of likely N-dealkylation sites (tertiary alicyclic amines) is 3. The van der Waals surface area contributed by atoms with Crippen molar-refractivity contribution >= 4 is 35.2 Å². The van der Waals surface area contributed by atoms with Crippen molar-refractivity contribution in [1.82, 2.24) is 14.7 Å². The number of rotatable bonds is 7. The Balaban J connectivity index is 1.14. The number of anilines is 1. The fraction of sp³-hybridized carbons (Fsp3) is 0.500. The molecule has 2 aromatic rings. The molecule has 228 valence electrons. The Kier molecular flexibility index (Phi) is 9.52. The second-order valence-electron chi connectivity index (χ2n) is 11.8.